The number of nitrogens with zero attached hydrogens (tertiary/aromatic N) is 1. The van der Waals surface area contributed by atoms with Crippen molar-refractivity contribution in [1.29, 1.82) is 0 Å². The van der Waals surface area contributed by atoms with Crippen molar-refractivity contribution in [2.75, 3.05) is 0 Å². The number of hydrogen-bond donors (Lipinski definition) is 2. The van der Waals surface area contributed by atoms with Gasteiger partial charge in [0, 0.05) is 12.5 Å². The van der Waals surface area contributed by atoms with Gasteiger partial charge in [-0.2, -0.15) is 0 Å². The second-order valence-corrected chi connectivity index (χ2v) is 8.78. The lowest BCUT2D eigenvalue weighted by Crippen LogP contribution is -2.55. The number of carbonyl (C=O) groups is 3. The molecule has 6 nitrogen and oxygen atoms in total. The Hall–Kier alpha value is -2.21. The molecule has 0 aromatic heterocycles. The van der Waals surface area contributed by atoms with Gasteiger partial charge in [0.05, 0.1) is 12.1 Å². The Morgan fingerprint density at radius 1 is 1.20 bits per heavy atom. The molecule has 1 aliphatic heterocycles. The van der Waals surface area contributed by atoms with Gasteiger partial charge in [-0.15, -0.1) is 0 Å². The molecule has 1 aliphatic carbocycles. The van der Waals surface area contributed by atoms with Crippen LogP contribution in [0.15, 0.2) is 30.3 Å². The molecule has 1 aromatic rings. The Kier molecular flexibility index (Phi) is 7.64. The van der Waals surface area contributed by atoms with Gasteiger partial charge in [-0.3, -0.25) is 14.9 Å². The van der Waals surface area contributed by atoms with Crippen molar-refractivity contribution >= 4 is 17.7 Å². The number of aryl methyl sites for hydroxylation is 1. The molecule has 0 radical (unpaired) electrons. The summed E-state index contributed by atoms with van der Waals surface area (Å²) < 4.78 is 0. The molecule has 30 heavy (non-hydrogen) atoms. The highest BCUT2D eigenvalue weighted by Crippen LogP contribution is 2.41. The first kappa shape index (κ1) is 22.5. The smallest absolute Gasteiger partial charge is 0.326 e. The van der Waals surface area contributed by atoms with Crippen molar-refractivity contribution in [2.45, 2.75) is 89.4 Å². The van der Waals surface area contributed by atoms with E-state index in [-0.39, 0.29) is 23.7 Å². The van der Waals surface area contributed by atoms with Gasteiger partial charge in [-0.05, 0) is 56.9 Å². The van der Waals surface area contributed by atoms with Gasteiger partial charge in [0.25, 0.3) is 0 Å². The third kappa shape index (κ3) is 5.09. The molecule has 2 aliphatic rings. The van der Waals surface area contributed by atoms with Crippen molar-refractivity contribution < 1.29 is 19.5 Å². The first-order valence-electron chi connectivity index (χ1n) is 11.3. The average Bonchev–Trinajstić information content (AvgIpc) is 3.32. The molecule has 2 fully saturated rings. The van der Waals surface area contributed by atoms with Crippen LogP contribution in [0.5, 0.6) is 0 Å². The monoisotopic (exact) mass is 414 g/mol. The van der Waals surface area contributed by atoms with Crippen LogP contribution < -0.4 is 5.32 Å². The number of carbonyl (C=O) groups excluding carboxylic acids is 2. The van der Waals surface area contributed by atoms with E-state index in [2.05, 4.69) is 5.32 Å². The Balaban J connectivity index is 1.68. The minimum Gasteiger partial charge on any atom is -0.480 e. The van der Waals surface area contributed by atoms with E-state index in [1.54, 1.807) is 11.8 Å². The van der Waals surface area contributed by atoms with Crippen LogP contribution in [-0.4, -0.2) is 51.8 Å². The third-order valence-corrected chi connectivity index (χ3v) is 6.65. The van der Waals surface area contributed by atoms with Crippen molar-refractivity contribution in [3.63, 3.8) is 0 Å². The summed E-state index contributed by atoms with van der Waals surface area (Å²) in [6.07, 6.45) is 6.07. The number of benzene rings is 1. The summed E-state index contributed by atoms with van der Waals surface area (Å²) in [6.45, 7) is 3.74. The number of fused-ring (bicyclic) bond motifs is 1. The lowest BCUT2D eigenvalue weighted by atomic mass is 9.99. The van der Waals surface area contributed by atoms with Crippen molar-refractivity contribution in [3.05, 3.63) is 35.9 Å². The number of carboxylic acid groups (broad SMARTS) is 1. The molecule has 1 heterocycles. The Morgan fingerprint density at radius 3 is 2.60 bits per heavy atom. The van der Waals surface area contributed by atoms with Crippen molar-refractivity contribution in [3.8, 4) is 0 Å². The molecule has 0 spiro atoms. The molecule has 1 saturated heterocycles. The number of carboxylic acids is 1. The predicted octanol–water partition coefficient (Wildman–Crippen LogP) is 3.19. The van der Waals surface area contributed by atoms with Crippen LogP contribution in [-0.2, 0) is 20.8 Å². The molecular formula is C24H34N2O4. The summed E-state index contributed by atoms with van der Waals surface area (Å²) in [5, 5.41) is 12.9. The van der Waals surface area contributed by atoms with E-state index < -0.39 is 24.1 Å². The van der Waals surface area contributed by atoms with E-state index in [1.807, 2.05) is 37.3 Å². The molecule has 0 unspecified atom stereocenters. The summed E-state index contributed by atoms with van der Waals surface area (Å²) in [5.74, 6) is -0.709. The van der Waals surface area contributed by atoms with Crippen LogP contribution in [0.1, 0.15) is 64.4 Å². The molecule has 1 saturated carbocycles. The average molecular weight is 415 g/mol. The highest BCUT2D eigenvalue weighted by Gasteiger charge is 2.49. The fourth-order valence-electron chi connectivity index (χ4n) is 5.14. The van der Waals surface area contributed by atoms with Crippen LogP contribution in [0, 0.1) is 5.92 Å². The molecular weight excluding hydrogens is 380 g/mol. The maximum atomic E-state index is 13.3. The highest BCUT2D eigenvalue weighted by atomic mass is 16.4. The third-order valence-electron chi connectivity index (χ3n) is 6.65. The number of ketones is 1. The minimum atomic E-state index is -0.923. The largest absolute Gasteiger partial charge is 0.480 e. The zero-order chi connectivity index (χ0) is 21.7. The normalized spacial score (nSPS) is 25.0. The van der Waals surface area contributed by atoms with Crippen LogP contribution in [0.3, 0.4) is 0 Å². The second kappa shape index (κ2) is 10.2. The van der Waals surface area contributed by atoms with E-state index in [0.717, 1.165) is 37.7 Å². The quantitative estimate of drug-likeness (QED) is 0.614. The summed E-state index contributed by atoms with van der Waals surface area (Å²) in [7, 11) is 0. The van der Waals surface area contributed by atoms with Gasteiger partial charge in [0.1, 0.15) is 11.8 Å². The molecule has 0 bridgehead atoms. The van der Waals surface area contributed by atoms with Gasteiger partial charge in [-0.25, -0.2) is 4.79 Å². The number of nitrogens with one attached hydrogen (secondary N) is 1. The SMILES string of the molecule is CCCC(=O)[C@@H](CCc1ccccc1)N[C@@H](C)C(=O)N1[C@H](C(=O)O)C[C@@H]2CCC[C@@H]21. The van der Waals surface area contributed by atoms with Gasteiger partial charge < -0.3 is 10.0 Å². The molecule has 2 N–H and O–H groups in total. The molecule has 5 atom stereocenters. The fraction of sp³-hybridized carbons (Fsp3) is 0.625. The van der Waals surface area contributed by atoms with Gasteiger partial charge >= 0.3 is 5.97 Å². The molecule has 3 rings (SSSR count). The first-order chi connectivity index (χ1) is 14.4. The van der Waals surface area contributed by atoms with Crippen LogP contribution in [0.4, 0.5) is 0 Å². The van der Waals surface area contributed by atoms with Gasteiger partial charge in [-0.1, -0.05) is 43.7 Å². The molecule has 164 valence electrons. The van der Waals surface area contributed by atoms with Crippen molar-refractivity contribution in [1.82, 2.24) is 10.2 Å². The maximum absolute atomic E-state index is 13.3. The van der Waals surface area contributed by atoms with Crippen molar-refractivity contribution in [2.24, 2.45) is 5.92 Å². The van der Waals surface area contributed by atoms with Crippen LogP contribution >= 0.6 is 0 Å². The van der Waals surface area contributed by atoms with Crippen LogP contribution in [0.25, 0.3) is 0 Å². The predicted molar refractivity (Wildman–Crippen MR) is 115 cm³/mol. The second-order valence-electron chi connectivity index (χ2n) is 8.78. The van der Waals surface area contributed by atoms with E-state index in [1.165, 1.54) is 0 Å². The molecule has 6 heteroatoms. The van der Waals surface area contributed by atoms with E-state index in [9.17, 15) is 19.5 Å². The van der Waals surface area contributed by atoms with Crippen LogP contribution in [0.2, 0.25) is 0 Å². The number of likely N-dealkylation sites (tertiary alicyclic amines) is 1. The van der Waals surface area contributed by atoms with E-state index in [0.29, 0.717) is 19.3 Å². The molecule has 1 aromatic carbocycles. The van der Waals surface area contributed by atoms with E-state index in [4.69, 9.17) is 0 Å². The number of Topliss-reactive ketones (excluding diaryl/α,β-unsaturated/α-hetero) is 1. The number of amides is 1. The summed E-state index contributed by atoms with van der Waals surface area (Å²) in [5.41, 5.74) is 1.16. The van der Waals surface area contributed by atoms with Gasteiger partial charge in [0.2, 0.25) is 5.91 Å². The molecule has 1 amide bonds. The lowest BCUT2D eigenvalue weighted by molar-refractivity contribution is -0.150. The lowest BCUT2D eigenvalue weighted by Gasteiger charge is -2.32. The standard InChI is InChI=1S/C24H34N2O4/c1-3-8-22(27)19(14-13-17-9-5-4-6-10-17)25-16(2)23(28)26-20-12-7-11-18(20)15-21(26)24(29)30/h4-6,9-10,16,18-21,25H,3,7-8,11-15H2,1-2H3,(H,29,30)/t16-,18-,19+,20-,21-/m0/s1. The topological polar surface area (TPSA) is 86.7 Å². The zero-order valence-electron chi connectivity index (χ0n) is 18.0. The Bertz CT molecular complexity index is 751. The Morgan fingerprint density at radius 2 is 1.93 bits per heavy atom. The van der Waals surface area contributed by atoms with E-state index >= 15 is 0 Å². The number of hydrogen-bond acceptors (Lipinski definition) is 4. The summed E-state index contributed by atoms with van der Waals surface area (Å²) in [4.78, 5) is 39.4. The maximum Gasteiger partial charge on any atom is 0.326 e. The van der Waals surface area contributed by atoms with Gasteiger partial charge in [0.15, 0.2) is 0 Å². The first-order valence-corrected chi connectivity index (χ1v) is 11.3. The number of aliphatic carboxylic acids is 1. The highest BCUT2D eigenvalue weighted by molar-refractivity contribution is 5.89. The fourth-order valence-corrected chi connectivity index (χ4v) is 5.14. The number of rotatable bonds is 10. The Labute approximate surface area is 179 Å². The zero-order valence-corrected chi connectivity index (χ0v) is 18.0. The minimum absolute atomic E-state index is 0.0250. The summed E-state index contributed by atoms with van der Waals surface area (Å²) >= 11 is 0. The summed E-state index contributed by atoms with van der Waals surface area (Å²) in [6, 6.07) is 8.29.